The van der Waals surface area contributed by atoms with Gasteiger partial charge in [-0.1, -0.05) is 19.1 Å². The standard InChI is InChI=1S/C22H22N2O5S/c1-5-13-6-8-15(9-7-13)24-21(26)16(20(25)23-22(24)30)10-14-11-18(28-3)19(29-4)12-17(14)27-2/h6-12H,5H2,1-4H3,(H,23,25,30). The average molecular weight is 426 g/mol. The molecule has 1 aliphatic rings. The van der Waals surface area contributed by atoms with Crippen molar-refractivity contribution in [3.8, 4) is 17.2 Å². The second-order valence-corrected chi connectivity index (χ2v) is 6.81. The molecule has 8 heteroatoms. The van der Waals surface area contributed by atoms with E-state index in [2.05, 4.69) is 5.32 Å². The molecule has 0 unspecified atom stereocenters. The maximum atomic E-state index is 13.2. The molecule has 2 aromatic carbocycles. The van der Waals surface area contributed by atoms with Gasteiger partial charge in [-0.15, -0.1) is 0 Å². The molecule has 1 N–H and O–H groups in total. The Morgan fingerprint density at radius 2 is 1.57 bits per heavy atom. The summed E-state index contributed by atoms with van der Waals surface area (Å²) in [4.78, 5) is 27.1. The molecule has 0 bridgehead atoms. The average Bonchev–Trinajstić information content (AvgIpc) is 2.76. The van der Waals surface area contributed by atoms with E-state index in [1.54, 1.807) is 24.3 Å². The number of rotatable bonds is 6. The zero-order chi connectivity index (χ0) is 21.8. The molecule has 156 valence electrons. The van der Waals surface area contributed by atoms with Crippen LogP contribution in [-0.2, 0) is 16.0 Å². The van der Waals surface area contributed by atoms with Crippen LogP contribution in [0.3, 0.4) is 0 Å². The summed E-state index contributed by atoms with van der Waals surface area (Å²) in [5, 5.41) is 2.61. The molecule has 3 rings (SSSR count). The summed E-state index contributed by atoms with van der Waals surface area (Å²) >= 11 is 5.25. The van der Waals surface area contributed by atoms with Gasteiger partial charge >= 0.3 is 0 Å². The Morgan fingerprint density at radius 3 is 2.13 bits per heavy atom. The number of nitrogens with zero attached hydrogens (tertiary/aromatic N) is 1. The molecule has 0 atom stereocenters. The van der Waals surface area contributed by atoms with Gasteiger partial charge in [-0.25, -0.2) is 0 Å². The first-order chi connectivity index (χ1) is 14.4. The van der Waals surface area contributed by atoms with Crippen LogP contribution in [0.4, 0.5) is 5.69 Å². The van der Waals surface area contributed by atoms with Gasteiger partial charge in [0.25, 0.3) is 11.8 Å². The number of carbonyl (C=O) groups is 2. The topological polar surface area (TPSA) is 77.1 Å². The highest BCUT2D eigenvalue weighted by Gasteiger charge is 2.34. The molecule has 1 aliphatic heterocycles. The predicted molar refractivity (Wildman–Crippen MR) is 118 cm³/mol. The van der Waals surface area contributed by atoms with E-state index < -0.39 is 11.8 Å². The van der Waals surface area contributed by atoms with Crippen LogP contribution in [0.5, 0.6) is 17.2 Å². The van der Waals surface area contributed by atoms with E-state index >= 15 is 0 Å². The zero-order valence-electron chi connectivity index (χ0n) is 17.1. The summed E-state index contributed by atoms with van der Waals surface area (Å²) in [6.07, 6.45) is 2.33. The summed E-state index contributed by atoms with van der Waals surface area (Å²) in [7, 11) is 4.50. The number of anilines is 1. The van der Waals surface area contributed by atoms with Gasteiger partial charge in [0.15, 0.2) is 16.6 Å². The van der Waals surface area contributed by atoms with Crippen LogP contribution < -0.4 is 24.4 Å². The molecule has 1 saturated heterocycles. The smallest absolute Gasteiger partial charge is 0.270 e. The van der Waals surface area contributed by atoms with E-state index in [4.69, 9.17) is 26.4 Å². The van der Waals surface area contributed by atoms with Crippen LogP contribution in [0.2, 0.25) is 0 Å². The number of nitrogens with one attached hydrogen (secondary N) is 1. The normalized spacial score (nSPS) is 15.3. The molecule has 0 aliphatic carbocycles. The molecule has 0 radical (unpaired) electrons. The van der Waals surface area contributed by atoms with E-state index in [0.717, 1.165) is 12.0 Å². The summed E-state index contributed by atoms with van der Waals surface area (Å²) in [6.45, 7) is 2.04. The Bertz CT molecular complexity index is 1030. The quantitative estimate of drug-likeness (QED) is 0.435. The molecule has 7 nitrogen and oxygen atoms in total. The van der Waals surface area contributed by atoms with Crippen molar-refractivity contribution >= 4 is 40.9 Å². The van der Waals surface area contributed by atoms with Crippen LogP contribution >= 0.6 is 12.2 Å². The number of amides is 2. The number of hydrogen-bond acceptors (Lipinski definition) is 6. The van der Waals surface area contributed by atoms with Crippen molar-refractivity contribution < 1.29 is 23.8 Å². The van der Waals surface area contributed by atoms with Crippen LogP contribution in [0, 0.1) is 0 Å². The molecular formula is C22H22N2O5S. The van der Waals surface area contributed by atoms with Crippen LogP contribution in [0.25, 0.3) is 6.08 Å². The lowest BCUT2D eigenvalue weighted by molar-refractivity contribution is -0.122. The maximum Gasteiger partial charge on any atom is 0.270 e. The first kappa shape index (κ1) is 21.3. The number of methoxy groups -OCH3 is 3. The Morgan fingerprint density at radius 1 is 0.967 bits per heavy atom. The fourth-order valence-corrected chi connectivity index (χ4v) is 3.37. The largest absolute Gasteiger partial charge is 0.496 e. The highest BCUT2D eigenvalue weighted by atomic mass is 32.1. The van der Waals surface area contributed by atoms with E-state index in [-0.39, 0.29) is 10.7 Å². The third kappa shape index (κ3) is 3.99. The van der Waals surface area contributed by atoms with Crippen LogP contribution in [0.15, 0.2) is 42.0 Å². The minimum absolute atomic E-state index is 0.0330. The molecule has 30 heavy (non-hydrogen) atoms. The van der Waals surface area contributed by atoms with E-state index in [9.17, 15) is 9.59 Å². The maximum absolute atomic E-state index is 13.2. The van der Waals surface area contributed by atoms with Gasteiger partial charge in [0.05, 0.1) is 27.0 Å². The summed E-state index contributed by atoms with van der Waals surface area (Å²) in [5.74, 6) is 0.229. The van der Waals surface area contributed by atoms with Crippen molar-refractivity contribution in [2.24, 2.45) is 0 Å². The van der Waals surface area contributed by atoms with Gasteiger partial charge in [0, 0.05) is 11.6 Å². The molecule has 0 spiro atoms. The van der Waals surface area contributed by atoms with Gasteiger partial charge in [0.1, 0.15) is 11.3 Å². The fraction of sp³-hybridized carbons (Fsp3) is 0.227. The van der Waals surface area contributed by atoms with E-state index in [1.165, 1.54) is 32.3 Å². The third-order valence-corrected chi connectivity index (χ3v) is 5.02. The highest BCUT2D eigenvalue weighted by molar-refractivity contribution is 7.80. The Hall–Kier alpha value is -3.39. The number of aryl methyl sites for hydroxylation is 1. The SMILES string of the molecule is CCc1ccc(N2C(=O)C(=Cc3cc(OC)c(OC)cc3OC)C(=O)NC2=S)cc1. The number of ether oxygens (including phenoxy) is 3. The molecule has 0 aromatic heterocycles. The van der Waals surface area contributed by atoms with Gasteiger partial charge in [-0.2, -0.15) is 0 Å². The van der Waals surface area contributed by atoms with Gasteiger partial charge in [0.2, 0.25) is 0 Å². The van der Waals surface area contributed by atoms with E-state index in [0.29, 0.717) is 28.5 Å². The second-order valence-electron chi connectivity index (χ2n) is 6.43. The molecule has 0 saturated carbocycles. The summed E-state index contributed by atoms with van der Waals surface area (Å²) in [6, 6.07) is 10.7. The van der Waals surface area contributed by atoms with Crippen molar-refractivity contribution in [2.75, 3.05) is 26.2 Å². The van der Waals surface area contributed by atoms with Crippen LogP contribution in [0.1, 0.15) is 18.1 Å². The van der Waals surface area contributed by atoms with Crippen molar-refractivity contribution in [1.82, 2.24) is 5.32 Å². The lowest BCUT2D eigenvalue weighted by Crippen LogP contribution is -2.54. The fourth-order valence-electron chi connectivity index (χ4n) is 3.09. The number of carbonyl (C=O) groups excluding carboxylic acids is 2. The lowest BCUT2D eigenvalue weighted by atomic mass is 10.0. The summed E-state index contributed by atoms with van der Waals surface area (Å²) in [5.41, 5.74) is 2.12. The van der Waals surface area contributed by atoms with Gasteiger partial charge in [-0.3, -0.25) is 19.8 Å². The Kier molecular flexibility index (Phi) is 6.37. The molecular weight excluding hydrogens is 404 g/mol. The highest BCUT2D eigenvalue weighted by Crippen LogP contribution is 2.36. The molecule has 2 amide bonds. The predicted octanol–water partition coefficient (Wildman–Crippen LogP) is 3.11. The molecule has 1 fully saturated rings. The first-order valence-electron chi connectivity index (χ1n) is 9.23. The number of benzene rings is 2. The third-order valence-electron chi connectivity index (χ3n) is 4.74. The van der Waals surface area contributed by atoms with Gasteiger partial charge < -0.3 is 14.2 Å². The second kappa shape index (κ2) is 8.96. The van der Waals surface area contributed by atoms with Crippen molar-refractivity contribution in [2.45, 2.75) is 13.3 Å². The van der Waals surface area contributed by atoms with Crippen molar-refractivity contribution in [3.63, 3.8) is 0 Å². The minimum Gasteiger partial charge on any atom is -0.496 e. The van der Waals surface area contributed by atoms with E-state index in [1.807, 2.05) is 19.1 Å². The summed E-state index contributed by atoms with van der Waals surface area (Å²) < 4.78 is 16.0. The van der Waals surface area contributed by atoms with Gasteiger partial charge in [-0.05, 0) is 48.5 Å². The number of hydrogen-bond donors (Lipinski definition) is 1. The Labute approximate surface area is 180 Å². The minimum atomic E-state index is -0.580. The number of thiocarbonyl (C=S) groups is 1. The zero-order valence-corrected chi connectivity index (χ0v) is 18.0. The molecule has 2 aromatic rings. The van der Waals surface area contributed by atoms with Crippen LogP contribution in [-0.4, -0.2) is 38.3 Å². The van der Waals surface area contributed by atoms with Crippen molar-refractivity contribution in [1.29, 1.82) is 0 Å². The van der Waals surface area contributed by atoms with Crippen molar-refractivity contribution in [3.05, 3.63) is 53.1 Å². The first-order valence-corrected chi connectivity index (χ1v) is 9.64. The Balaban J connectivity index is 2.06. The molecule has 1 heterocycles. The monoisotopic (exact) mass is 426 g/mol. The lowest BCUT2D eigenvalue weighted by Gasteiger charge is -2.29.